The quantitative estimate of drug-likeness (QED) is 0.428. The predicted molar refractivity (Wildman–Crippen MR) is 50.6 cm³/mol. The van der Waals surface area contributed by atoms with E-state index in [0.29, 0.717) is 0 Å². The molecule has 0 aliphatic carbocycles. The van der Waals surface area contributed by atoms with Gasteiger partial charge in [0.15, 0.2) is 0 Å². The summed E-state index contributed by atoms with van der Waals surface area (Å²) < 4.78 is 4.52. The number of ether oxygens (including phenoxy) is 1. The number of esters is 1. The third-order valence-electron chi connectivity index (χ3n) is 1.44. The fourth-order valence-electron chi connectivity index (χ4n) is 0.859. The van der Waals surface area contributed by atoms with Gasteiger partial charge in [-0.25, -0.2) is 4.79 Å². The molecule has 0 saturated carbocycles. The number of hydrogen-bond donors (Lipinski definition) is 1. The molecule has 1 aromatic rings. The van der Waals surface area contributed by atoms with Gasteiger partial charge in [-0.1, -0.05) is 30.3 Å². The molecular formula is C10H11NO2. The highest BCUT2D eigenvalue weighted by Crippen LogP contribution is 2.00. The zero-order chi connectivity index (χ0) is 9.52. The number of carbonyl (C=O) groups is 1. The summed E-state index contributed by atoms with van der Waals surface area (Å²) in [5.41, 5.74) is 5.98. The molecule has 68 valence electrons. The molecule has 0 aliphatic rings. The first-order valence-corrected chi connectivity index (χ1v) is 3.93. The first-order valence-electron chi connectivity index (χ1n) is 3.93. The number of nitrogens with two attached hydrogens (primary N) is 1. The van der Waals surface area contributed by atoms with Crippen LogP contribution in [0, 0.1) is 0 Å². The van der Waals surface area contributed by atoms with Crippen molar-refractivity contribution in [3.05, 3.63) is 42.0 Å². The third-order valence-corrected chi connectivity index (χ3v) is 1.44. The average molecular weight is 177 g/mol. The van der Waals surface area contributed by atoms with Crippen molar-refractivity contribution in [2.75, 3.05) is 6.73 Å². The molecule has 3 nitrogen and oxygen atoms in total. The Balaban J connectivity index is 2.54. The SMILES string of the molecule is NCOC(=O)C=Cc1ccccc1. The van der Waals surface area contributed by atoms with E-state index in [2.05, 4.69) is 4.74 Å². The summed E-state index contributed by atoms with van der Waals surface area (Å²) in [6, 6.07) is 9.50. The molecule has 0 heterocycles. The second kappa shape index (κ2) is 5.11. The fraction of sp³-hybridized carbons (Fsp3) is 0.100. The number of benzene rings is 1. The van der Waals surface area contributed by atoms with Gasteiger partial charge in [0.05, 0.1) is 0 Å². The smallest absolute Gasteiger partial charge is 0.332 e. The summed E-state index contributed by atoms with van der Waals surface area (Å²) in [4.78, 5) is 10.8. The maximum absolute atomic E-state index is 10.8. The van der Waals surface area contributed by atoms with E-state index in [-0.39, 0.29) is 6.73 Å². The standard InChI is InChI=1S/C10H11NO2/c11-8-13-10(12)7-6-9-4-2-1-3-5-9/h1-7H,8,11H2. The lowest BCUT2D eigenvalue weighted by atomic mass is 10.2. The van der Waals surface area contributed by atoms with Gasteiger partial charge in [-0.3, -0.25) is 5.73 Å². The number of hydrogen-bond acceptors (Lipinski definition) is 3. The van der Waals surface area contributed by atoms with Gasteiger partial charge in [0.2, 0.25) is 0 Å². The van der Waals surface area contributed by atoms with Crippen molar-refractivity contribution in [2.45, 2.75) is 0 Å². The molecule has 13 heavy (non-hydrogen) atoms. The molecule has 0 fully saturated rings. The van der Waals surface area contributed by atoms with Crippen molar-refractivity contribution < 1.29 is 9.53 Å². The molecule has 1 aromatic carbocycles. The van der Waals surface area contributed by atoms with E-state index in [1.54, 1.807) is 6.08 Å². The molecule has 0 aromatic heterocycles. The van der Waals surface area contributed by atoms with Crippen molar-refractivity contribution in [3.8, 4) is 0 Å². The lowest BCUT2D eigenvalue weighted by Crippen LogP contribution is -2.09. The zero-order valence-electron chi connectivity index (χ0n) is 7.14. The molecule has 0 bridgehead atoms. The Morgan fingerprint density at radius 2 is 2.08 bits per heavy atom. The normalized spacial score (nSPS) is 10.2. The van der Waals surface area contributed by atoms with Crippen molar-refractivity contribution >= 4 is 12.0 Å². The van der Waals surface area contributed by atoms with Gasteiger partial charge in [-0.05, 0) is 11.6 Å². The second-order valence-electron chi connectivity index (χ2n) is 2.37. The minimum absolute atomic E-state index is 0.0854. The summed E-state index contributed by atoms with van der Waals surface area (Å²) in [6.45, 7) is -0.0854. The zero-order valence-corrected chi connectivity index (χ0v) is 7.14. The molecule has 0 aliphatic heterocycles. The van der Waals surface area contributed by atoms with Crippen LogP contribution in [0.2, 0.25) is 0 Å². The van der Waals surface area contributed by atoms with E-state index < -0.39 is 5.97 Å². The summed E-state index contributed by atoms with van der Waals surface area (Å²) in [7, 11) is 0. The molecule has 0 spiro atoms. The van der Waals surface area contributed by atoms with Crippen LogP contribution in [-0.4, -0.2) is 12.7 Å². The Labute approximate surface area is 76.8 Å². The Hall–Kier alpha value is -1.61. The summed E-state index contributed by atoms with van der Waals surface area (Å²) >= 11 is 0. The van der Waals surface area contributed by atoms with Crippen molar-refractivity contribution in [2.24, 2.45) is 5.73 Å². The first kappa shape index (κ1) is 9.48. The first-order chi connectivity index (χ1) is 6.33. The van der Waals surface area contributed by atoms with Crippen molar-refractivity contribution in [3.63, 3.8) is 0 Å². The molecule has 3 heteroatoms. The summed E-state index contributed by atoms with van der Waals surface area (Å²) in [6.07, 6.45) is 3.03. The minimum Gasteiger partial charge on any atom is -0.447 e. The van der Waals surface area contributed by atoms with Crippen LogP contribution in [0.25, 0.3) is 6.08 Å². The van der Waals surface area contributed by atoms with Crippen LogP contribution < -0.4 is 5.73 Å². The predicted octanol–water partition coefficient (Wildman–Crippen LogP) is 1.16. The molecule has 0 radical (unpaired) electrons. The molecule has 0 atom stereocenters. The van der Waals surface area contributed by atoms with E-state index in [0.717, 1.165) is 5.56 Å². The van der Waals surface area contributed by atoms with Crippen LogP contribution in [0.5, 0.6) is 0 Å². The van der Waals surface area contributed by atoms with Gasteiger partial charge in [-0.2, -0.15) is 0 Å². The van der Waals surface area contributed by atoms with Crippen LogP contribution in [0.15, 0.2) is 36.4 Å². The molecule has 1 rings (SSSR count). The Morgan fingerprint density at radius 3 is 2.69 bits per heavy atom. The van der Waals surface area contributed by atoms with Crippen molar-refractivity contribution in [1.29, 1.82) is 0 Å². The molecule has 0 amide bonds. The number of carbonyl (C=O) groups excluding carboxylic acids is 1. The maximum Gasteiger partial charge on any atom is 0.332 e. The van der Waals surface area contributed by atoms with Gasteiger partial charge in [0, 0.05) is 6.08 Å². The number of rotatable bonds is 3. The van der Waals surface area contributed by atoms with E-state index in [9.17, 15) is 4.79 Å². The molecule has 0 unspecified atom stereocenters. The molecule has 0 saturated heterocycles. The highest BCUT2D eigenvalue weighted by Gasteiger charge is 1.92. The van der Waals surface area contributed by atoms with Gasteiger partial charge in [0.1, 0.15) is 6.73 Å². The molecule has 2 N–H and O–H groups in total. The van der Waals surface area contributed by atoms with E-state index in [1.165, 1.54) is 6.08 Å². The van der Waals surface area contributed by atoms with Crippen LogP contribution in [0.4, 0.5) is 0 Å². The van der Waals surface area contributed by atoms with Crippen molar-refractivity contribution in [1.82, 2.24) is 0 Å². The highest BCUT2D eigenvalue weighted by molar-refractivity contribution is 5.86. The summed E-state index contributed by atoms with van der Waals surface area (Å²) in [5, 5.41) is 0. The van der Waals surface area contributed by atoms with Crippen LogP contribution in [0.3, 0.4) is 0 Å². The summed E-state index contributed by atoms with van der Waals surface area (Å²) in [5.74, 6) is -0.425. The molecular weight excluding hydrogens is 166 g/mol. The van der Waals surface area contributed by atoms with Crippen LogP contribution in [-0.2, 0) is 9.53 Å². The monoisotopic (exact) mass is 177 g/mol. The Kier molecular flexibility index (Phi) is 3.73. The van der Waals surface area contributed by atoms with Gasteiger partial charge >= 0.3 is 5.97 Å². The maximum atomic E-state index is 10.8. The second-order valence-corrected chi connectivity index (χ2v) is 2.37. The third kappa shape index (κ3) is 3.53. The largest absolute Gasteiger partial charge is 0.447 e. The fourth-order valence-corrected chi connectivity index (χ4v) is 0.859. The van der Waals surface area contributed by atoms with Gasteiger partial charge in [-0.15, -0.1) is 0 Å². The Morgan fingerprint density at radius 1 is 1.38 bits per heavy atom. The van der Waals surface area contributed by atoms with E-state index in [1.807, 2.05) is 30.3 Å². The van der Waals surface area contributed by atoms with E-state index in [4.69, 9.17) is 5.73 Å². The minimum atomic E-state index is -0.425. The van der Waals surface area contributed by atoms with Gasteiger partial charge in [0.25, 0.3) is 0 Å². The highest BCUT2D eigenvalue weighted by atomic mass is 16.5. The average Bonchev–Trinajstić information content (AvgIpc) is 2.17. The Bertz CT molecular complexity index is 293. The van der Waals surface area contributed by atoms with Crippen LogP contribution >= 0.6 is 0 Å². The topological polar surface area (TPSA) is 52.3 Å². The lowest BCUT2D eigenvalue weighted by Gasteiger charge is -1.94. The van der Waals surface area contributed by atoms with E-state index >= 15 is 0 Å². The van der Waals surface area contributed by atoms with Gasteiger partial charge < -0.3 is 4.74 Å². The van der Waals surface area contributed by atoms with Crippen LogP contribution in [0.1, 0.15) is 5.56 Å². The lowest BCUT2D eigenvalue weighted by molar-refractivity contribution is -0.137.